The standard InChI is InChI=1S/C26H21N3O4/c1-32-20-13-11-19(12-14-20)29(15-18-7-3-2-4-8-18)23(30)16-28-17-27-24-21-9-5-6-10-22(21)33-25(24)26(28)31/h2-14,17H,15-16H2,1H3. The van der Waals surface area contributed by atoms with Gasteiger partial charge in [-0.05, 0) is 42.0 Å². The SMILES string of the molecule is COc1ccc(N(Cc2ccccc2)C(=O)Cn2cnc3c(oc4ccccc43)c2=O)cc1. The highest BCUT2D eigenvalue weighted by Crippen LogP contribution is 2.25. The molecule has 164 valence electrons. The van der Waals surface area contributed by atoms with E-state index in [0.717, 1.165) is 10.9 Å². The van der Waals surface area contributed by atoms with Crippen LogP contribution in [0.5, 0.6) is 5.75 Å². The summed E-state index contributed by atoms with van der Waals surface area (Å²) in [6.45, 7) is 0.193. The highest BCUT2D eigenvalue weighted by atomic mass is 16.5. The van der Waals surface area contributed by atoms with Crippen LogP contribution in [0, 0.1) is 0 Å². The van der Waals surface area contributed by atoms with E-state index in [1.54, 1.807) is 30.2 Å². The molecule has 7 nitrogen and oxygen atoms in total. The van der Waals surface area contributed by atoms with Crippen LogP contribution in [0.25, 0.3) is 22.1 Å². The van der Waals surface area contributed by atoms with Gasteiger partial charge in [-0.2, -0.15) is 0 Å². The summed E-state index contributed by atoms with van der Waals surface area (Å²) in [5, 5.41) is 0.770. The number of hydrogen-bond acceptors (Lipinski definition) is 5. The third-order valence-corrected chi connectivity index (χ3v) is 5.52. The van der Waals surface area contributed by atoms with Gasteiger partial charge < -0.3 is 14.1 Å². The number of ether oxygens (including phenoxy) is 1. The van der Waals surface area contributed by atoms with Gasteiger partial charge in [0.05, 0.1) is 20.0 Å². The molecular weight excluding hydrogens is 418 g/mol. The van der Waals surface area contributed by atoms with E-state index >= 15 is 0 Å². The van der Waals surface area contributed by atoms with Crippen molar-refractivity contribution in [1.82, 2.24) is 9.55 Å². The minimum absolute atomic E-state index is 0.144. The Labute approximate surface area is 189 Å². The topological polar surface area (TPSA) is 77.6 Å². The van der Waals surface area contributed by atoms with Crippen LogP contribution in [0.4, 0.5) is 5.69 Å². The number of methoxy groups -OCH3 is 1. The number of furan rings is 1. The highest BCUT2D eigenvalue weighted by Gasteiger charge is 2.20. The van der Waals surface area contributed by atoms with Gasteiger partial charge in [0.2, 0.25) is 11.5 Å². The number of fused-ring (bicyclic) bond motifs is 3. The van der Waals surface area contributed by atoms with Crippen LogP contribution >= 0.6 is 0 Å². The highest BCUT2D eigenvalue weighted by molar-refractivity contribution is 6.01. The normalized spacial score (nSPS) is 11.1. The number of anilines is 1. The number of para-hydroxylation sites is 1. The second-order valence-electron chi connectivity index (χ2n) is 7.62. The fraction of sp³-hybridized carbons (Fsp3) is 0.115. The third-order valence-electron chi connectivity index (χ3n) is 5.52. The molecule has 0 aliphatic heterocycles. The quantitative estimate of drug-likeness (QED) is 0.392. The van der Waals surface area contributed by atoms with E-state index in [-0.39, 0.29) is 23.6 Å². The van der Waals surface area contributed by atoms with E-state index in [9.17, 15) is 9.59 Å². The first-order valence-electron chi connectivity index (χ1n) is 10.5. The zero-order valence-electron chi connectivity index (χ0n) is 18.0. The number of hydrogen-bond donors (Lipinski definition) is 0. The maximum atomic E-state index is 13.4. The molecule has 0 aliphatic rings. The summed E-state index contributed by atoms with van der Waals surface area (Å²) in [6, 6.07) is 24.3. The lowest BCUT2D eigenvalue weighted by Crippen LogP contribution is -2.36. The Morgan fingerprint density at radius 3 is 2.48 bits per heavy atom. The Kier molecular flexibility index (Phi) is 5.36. The van der Waals surface area contributed by atoms with E-state index in [1.165, 1.54) is 10.9 Å². The molecule has 0 saturated heterocycles. The molecule has 2 heterocycles. The number of benzene rings is 3. The first-order chi connectivity index (χ1) is 16.1. The number of rotatable bonds is 6. The van der Waals surface area contributed by atoms with Crippen molar-refractivity contribution in [2.75, 3.05) is 12.0 Å². The fourth-order valence-corrected chi connectivity index (χ4v) is 3.81. The van der Waals surface area contributed by atoms with Crippen molar-refractivity contribution in [2.45, 2.75) is 13.1 Å². The van der Waals surface area contributed by atoms with Gasteiger partial charge in [-0.25, -0.2) is 4.98 Å². The molecule has 3 aromatic carbocycles. The Bertz CT molecular complexity index is 1490. The maximum Gasteiger partial charge on any atom is 0.297 e. The minimum Gasteiger partial charge on any atom is -0.497 e. The van der Waals surface area contributed by atoms with Crippen LogP contribution in [-0.2, 0) is 17.9 Å². The van der Waals surface area contributed by atoms with Crippen molar-refractivity contribution >= 4 is 33.7 Å². The Morgan fingerprint density at radius 2 is 1.73 bits per heavy atom. The molecule has 0 spiro atoms. The average molecular weight is 439 g/mol. The van der Waals surface area contributed by atoms with E-state index in [4.69, 9.17) is 9.15 Å². The lowest BCUT2D eigenvalue weighted by molar-refractivity contribution is -0.119. The Hall–Kier alpha value is -4.39. The summed E-state index contributed by atoms with van der Waals surface area (Å²) in [4.78, 5) is 32.5. The van der Waals surface area contributed by atoms with Crippen LogP contribution in [0.15, 0.2) is 94.4 Å². The predicted octanol–water partition coefficient (Wildman–Crippen LogP) is 4.38. The molecule has 0 fully saturated rings. The van der Waals surface area contributed by atoms with Gasteiger partial charge >= 0.3 is 0 Å². The number of carbonyl (C=O) groups excluding carboxylic acids is 1. The van der Waals surface area contributed by atoms with Crippen LogP contribution in [0.1, 0.15) is 5.56 Å². The summed E-state index contributed by atoms with van der Waals surface area (Å²) in [5.74, 6) is 0.449. The zero-order valence-corrected chi connectivity index (χ0v) is 18.0. The zero-order chi connectivity index (χ0) is 22.8. The monoisotopic (exact) mass is 439 g/mol. The van der Waals surface area contributed by atoms with Gasteiger partial charge in [0.15, 0.2) is 0 Å². The van der Waals surface area contributed by atoms with E-state index in [0.29, 0.717) is 29.1 Å². The minimum atomic E-state index is -0.390. The van der Waals surface area contributed by atoms with E-state index in [2.05, 4.69) is 4.98 Å². The molecule has 0 radical (unpaired) electrons. The Balaban J connectivity index is 1.49. The summed E-state index contributed by atoms with van der Waals surface area (Å²) < 4.78 is 12.3. The first kappa shape index (κ1) is 20.5. The molecular formula is C26H21N3O4. The first-order valence-corrected chi connectivity index (χ1v) is 10.5. The number of amides is 1. The van der Waals surface area contributed by atoms with Crippen molar-refractivity contribution in [1.29, 1.82) is 0 Å². The van der Waals surface area contributed by atoms with Crippen LogP contribution in [0.3, 0.4) is 0 Å². The molecule has 0 saturated carbocycles. The van der Waals surface area contributed by atoms with Crippen LogP contribution in [-0.4, -0.2) is 22.6 Å². The second kappa shape index (κ2) is 8.63. The second-order valence-corrected chi connectivity index (χ2v) is 7.62. The van der Waals surface area contributed by atoms with E-state index < -0.39 is 0 Å². The van der Waals surface area contributed by atoms with Crippen LogP contribution in [0.2, 0.25) is 0 Å². The molecule has 7 heteroatoms. The molecule has 5 aromatic rings. The van der Waals surface area contributed by atoms with Crippen molar-refractivity contribution < 1.29 is 13.9 Å². The molecule has 0 aliphatic carbocycles. The smallest absolute Gasteiger partial charge is 0.297 e. The van der Waals surface area contributed by atoms with Crippen molar-refractivity contribution in [2.24, 2.45) is 0 Å². The van der Waals surface area contributed by atoms with Crippen molar-refractivity contribution in [3.05, 3.63) is 101 Å². The summed E-state index contributed by atoms with van der Waals surface area (Å²) in [7, 11) is 1.59. The predicted molar refractivity (Wildman–Crippen MR) is 126 cm³/mol. The molecule has 0 unspecified atom stereocenters. The van der Waals surface area contributed by atoms with E-state index in [1.807, 2.05) is 60.7 Å². The van der Waals surface area contributed by atoms with Gasteiger partial charge in [-0.1, -0.05) is 42.5 Å². The molecule has 1 amide bonds. The van der Waals surface area contributed by atoms with Gasteiger partial charge in [-0.3, -0.25) is 14.2 Å². The van der Waals surface area contributed by atoms with Gasteiger partial charge in [-0.15, -0.1) is 0 Å². The van der Waals surface area contributed by atoms with Gasteiger partial charge in [0.1, 0.15) is 23.4 Å². The molecule has 33 heavy (non-hydrogen) atoms. The van der Waals surface area contributed by atoms with Gasteiger partial charge in [0, 0.05) is 11.1 Å². The lowest BCUT2D eigenvalue weighted by atomic mass is 10.2. The molecule has 2 aromatic heterocycles. The largest absolute Gasteiger partial charge is 0.497 e. The van der Waals surface area contributed by atoms with Crippen molar-refractivity contribution in [3.8, 4) is 5.75 Å². The third kappa shape index (κ3) is 3.96. The van der Waals surface area contributed by atoms with Crippen molar-refractivity contribution in [3.63, 3.8) is 0 Å². The summed E-state index contributed by atoms with van der Waals surface area (Å²) in [5.41, 5.74) is 2.51. The van der Waals surface area contributed by atoms with Crippen LogP contribution < -0.4 is 15.2 Å². The maximum absolute atomic E-state index is 13.4. The fourth-order valence-electron chi connectivity index (χ4n) is 3.81. The number of aromatic nitrogens is 2. The molecule has 0 bridgehead atoms. The number of nitrogens with zero attached hydrogens (tertiary/aromatic N) is 3. The molecule has 0 atom stereocenters. The molecule has 0 N–H and O–H groups in total. The van der Waals surface area contributed by atoms with Gasteiger partial charge in [0.25, 0.3) is 5.56 Å². The average Bonchev–Trinajstić information content (AvgIpc) is 3.24. The lowest BCUT2D eigenvalue weighted by Gasteiger charge is -2.23. The molecule has 5 rings (SSSR count). The Morgan fingerprint density at radius 1 is 1.00 bits per heavy atom. The number of carbonyl (C=O) groups is 1. The summed E-state index contributed by atoms with van der Waals surface area (Å²) in [6.07, 6.45) is 1.40. The summed E-state index contributed by atoms with van der Waals surface area (Å²) >= 11 is 0.